The highest BCUT2D eigenvalue weighted by Gasteiger charge is 2.29. The monoisotopic (exact) mass is 376 g/mol. The van der Waals surface area contributed by atoms with Gasteiger partial charge in [0.2, 0.25) is 0 Å². The Balaban J connectivity index is 1.31. The Labute approximate surface area is 163 Å². The van der Waals surface area contributed by atoms with Crippen LogP contribution >= 0.6 is 0 Å². The maximum atomic E-state index is 9.26. The van der Waals surface area contributed by atoms with Crippen LogP contribution in [-0.2, 0) is 17.9 Å². The van der Waals surface area contributed by atoms with Gasteiger partial charge in [0.15, 0.2) is 0 Å². The second-order valence-corrected chi connectivity index (χ2v) is 8.77. The zero-order valence-electron chi connectivity index (χ0n) is 16.7. The van der Waals surface area contributed by atoms with Crippen LogP contribution in [0.2, 0.25) is 0 Å². The number of piperidine rings is 1. The van der Waals surface area contributed by atoms with E-state index >= 15 is 0 Å². The quantitative estimate of drug-likeness (QED) is 0.753. The van der Waals surface area contributed by atoms with Crippen LogP contribution in [0.5, 0.6) is 0 Å². The molecule has 1 aliphatic carbocycles. The number of hydrogen-bond acceptors (Lipinski definition) is 5. The smallest absolute Gasteiger partial charge is 0.129 e. The Morgan fingerprint density at radius 3 is 2.41 bits per heavy atom. The third-order valence-electron chi connectivity index (χ3n) is 6.75. The van der Waals surface area contributed by atoms with Crippen molar-refractivity contribution in [2.75, 3.05) is 32.8 Å². The molecule has 1 aromatic heterocycles. The highest BCUT2D eigenvalue weighted by molar-refractivity contribution is 5.06. The molecule has 0 radical (unpaired) electrons. The van der Waals surface area contributed by atoms with E-state index in [0.717, 1.165) is 44.0 Å². The SMILES string of the molecule is OCc1ccc(CN(CC2CCN(C3CCCC3)CC2)CC2CCCO2)o1. The van der Waals surface area contributed by atoms with Crippen molar-refractivity contribution >= 4 is 0 Å². The van der Waals surface area contributed by atoms with E-state index in [2.05, 4.69) is 9.80 Å². The zero-order chi connectivity index (χ0) is 18.5. The van der Waals surface area contributed by atoms with Gasteiger partial charge in [-0.25, -0.2) is 0 Å². The lowest BCUT2D eigenvalue weighted by molar-refractivity contribution is 0.0511. The molecule has 3 heterocycles. The largest absolute Gasteiger partial charge is 0.462 e. The minimum absolute atomic E-state index is 0.0225. The number of aliphatic hydroxyl groups excluding tert-OH is 1. The number of rotatable bonds is 8. The van der Waals surface area contributed by atoms with Gasteiger partial charge in [0.1, 0.15) is 18.1 Å². The molecule has 4 rings (SSSR count). The molecule has 152 valence electrons. The summed E-state index contributed by atoms with van der Waals surface area (Å²) in [4.78, 5) is 5.29. The first kappa shape index (κ1) is 19.4. The second kappa shape index (κ2) is 9.55. The zero-order valence-corrected chi connectivity index (χ0v) is 16.7. The molecule has 27 heavy (non-hydrogen) atoms. The summed E-state index contributed by atoms with van der Waals surface area (Å²) in [6.07, 6.45) is 11.1. The second-order valence-electron chi connectivity index (χ2n) is 8.77. The number of nitrogens with zero attached hydrogens (tertiary/aromatic N) is 2. The topological polar surface area (TPSA) is 49.1 Å². The van der Waals surface area contributed by atoms with Gasteiger partial charge in [-0.3, -0.25) is 4.90 Å². The predicted molar refractivity (Wildman–Crippen MR) is 105 cm³/mol. The van der Waals surface area contributed by atoms with Crippen molar-refractivity contribution in [2.45, 2.75) is 76.7 Å². The standard InChI is InChI=1S/C22H36N2O3/c25-17-22-8-7-21(27-22)16-23(15-20-6-3-13-26-20)14-18-9-11-24(12-10-18)19-4-1-2-5-19/h7-8,18-20,25H,1-6,9-17H2. The molecule has 1 aromatic rings. The molecule has 3 fully saturated rings. The van der Waals surface area contributed by atoms with E-state index in [9.17, 15) is 5.11 Å². The molecule has 0 bridgehead atoms. The van der Waals surface area contributed by atoms with Gasteiger partial charge in [-0.2, -0.15) is 0 Å². The maximum absolute atomic E-state index is 9.26. The average Bonchev–Trinajstić information content (AvgIpc) is 3.45. The fourth-order valence-corrected chi connectivity index (χ4v) is 5.23. The number of likely N-dealkylation sites (tertiary alicyclic amines) is 1. The molecule has 1 unspecified atom stereocenters. The van der Waals surface area contributed by atoms with Crippen LogP contribution in [0.1, 0.15) is 62.9 Å². The minimum Gasteiger partial charge on any atom is -0.462 e. The van der Waals surface area contributed by atoms with Crippen molar-refractivity contribution in [3.8, 4) is 0 Å². The van der Waals surface area contributed by atoms with Crippen molar-refractivity contribution in [3.05, 3.63) is 23.7 Å². The molecule has 1 saturated carbocycles. The normalized spacial score (nSPS) is 25.8. The number of hydrogen-bond donors (Lipinski definition) is 1. The predicted octanol–water partition coefficient (Wildman–Crippen LogP) is 3.41. The Hall–Kier alpha value is -0.880. The van der Waals surface area contributed by atoms with Crippen LogP contribution in [0.25, 0.3) is 0 Å². The van der Waals surface area contributed by atoms with Gasteiger partial charge in [0.25, 0.3) is 0 Å². The number of ether oxygens (including phenoxy) is 1. The van der Waals surface area contributed by atoms with E-state index in [1.165, 1.54) is 64.5 Å². The molecule has 0 spiro atoms. The van der Waals surface area contributed by atoms with Gasteiger partial charge in [-0.05, 0) is 69.7 Å². The summed E-state index contributed by atoms with van der Waals surface area (Å²) in [5.74, 6) is 2.39. The van der Waals surface area contributed by atoms with Crippen LogP contribution in [0.4, 0.5) is 0 Å². The number of furan rings is 1. The van der Waals surface area contributed by atoms with Crippen LogP contribution in [0, 0.1) is 5.92 Å². The van der Waals surface area contributed by atoms with E-state index in [-0.39, 0.29) is 6.61 Å². The Morgan fingerprint density at radius 2 is 1.74 bits per heavy atom. The lowest BCUT2D eigenvalue weighted by Crippen LogP contribution is -2.43. The average molecular weight is 377 g/mol. The fraction of sp³-hybridized carbons (Fsp3) is 0.818. The highest BCUT2D eigenvalue weighted by Crippen LogP contribution is 2.28. The first-order valence-corrected chi connectivity index (χ1v) is 11.1. The molecular formula is C22H36N2O3. The maximum Gasteiger partial charge on any atom is 0.129 e. The van der Waals surface area contributed by atoms with E-state index in [4.69, 9.17) is 9.15 Å². The molecule has 0 aromatic carbocycles. The molecule has 1 atom stereocenters. The van der Waals surface area contributed by atoms with Crippen molar-refractivity contribution in [3.63, 3.8) is 0 Å². The Bertz CT molecular complexity index is 556. The highest BCUT2D eigenvalue weighted by atomic mass is 16.5. The molecule has 5 heteroatoms. The Morgan fingerprint density at radius 1 is 0.963 bits per heavy atom. The minimum atomic E-state index is -0.0225. The van der Waals surface area contributed by atoms with Crippen LogP contribution in [-0.4, -0.2) is 59.8 Å². The van der Waals surface area contributed by atoms with Crippen molar-refractivity contribution in [1.29, 1.82) is 0 Å². The first-order valence-electron chi connectivity index (χ1n) is 11.1. The molecule has 3 aliphatic rings. The van der Waals surface area contributed by atoms with E-state index < -0.39 is 0 Å². The molecule has 1 N–H and O–H groups in total. The van der Waals surface area contributed by atoms with Crippen LogP contribution in [0.3, 0.4) is 0 Å². The van der Waals surface area contributed by atoms with Gasteiger partial charge >= 0.3 is 0 Å². The van der Waals surface area contributed by atoms with Gasteiger partial charge < -0.3 is 19.2 Å². The third kappa shape index (κ3) is 5.35. The van der Waals surface area contributed by atoms with Crippen LogP contribution < -0.4 is 0 Å². The fourth-order valence-electron chi connectivity index (χ4n) is 5.23. The molecule has 2 aliphatic heterocycles. The van der Waals surface area contributed by atoms with Crippen molar-refractivity contribution < 1.29 is 14.3 Å². The van der Waals surface area contributed by atoms with Crippen molar-refractivity contribution in [2.24, 2.45) is 5.92 Å². The summed E-state index contributed by atoms with van der Waals surface area (Å²) in [7, 11) is 0. The summed E-state index contributed by atoms with van der Waals surface area (Å²) in [6, 6.07) is 4.77. The van der Waals surface area contributed by atoms with Gasteiger partial charge in [0.05, 0.1) is 12.6 Å². The third-order valence-corrected chi connectivity index (χ3v) is 6.75. The molecule has 2 saturated heterocycles. The summed E-state index contributed by atoms with van der Waals surface area (Å²) < 4.78 is 11.7. The molecule has 5 nitrogen and oxygen atoms in total. The lowest BCUT2D eigenvalue weighted by Gasteiger charge is -2.38. The van der Waals surface area contributed by atoms with E-state index in [1.54, 1.807) is 0 Å². The lowest BCUT2D eigenvalue weighted by atomic mass is 9.94. The summed E-state index contributed by atoms with van der Waals surface area (Å²) in [5.41, 5.74) is 0. The van der Waals surface area contributed by atoms with E-state index in [0.29, 0.717) is 11.9 Å². The van der Waals surface area contributed by atoms with Gasteiger partial charge in [-0.1, -0.05) is 12.8 Å². The van der Waals surface area contributed by atoms with Crippen molar-refractivity contribution in [1.82, 2.24) is 9.80 Å². The summed E-state index contributed by atoms with van der Waals surface area (Å²) in [5, 5.41) is 9.26. The summed E-state index contributed by atoms with van der Waals surface area (Å²) in [6.45, 7) is 6.39. The Kier molecular flexibility index (Phi) is 6.87. The first-order chi connectivity index (χ1) is 13.3. The molecular weight excluding hydrogens is 340 g/mol. The molecule has 0 amide bonds. The number of aliphatic hydroxyl groups is 1. The van der Waals surface area contributed by atoms with E-state index in [1.807, 2.05) is 12.1 Å². The summed E-state index contributed by atoms with van der Waals surface area (Å²) >= 11 is 0. The van der Waals surface area contributed by atoms with Gasteiger partial charge in [0, 0.05) is 25.7 Å². The van der Waals surface area contributed by atoms with Gasteiger partial charge in [-0.15, -0.1) is 0 Å². The van der Waals surface area contributed by atoms with Crippen LogP contribution in [0.15, 0.2) is 16.5 Å².